The van der Waals surface area contributed by atoms with Crippen molar-refractivity contribution in [3.05, 3.63) is 35.9 Å². The van der Waals surface area contributed by atoms with Crippen molar-refractivity contribution in [2.24, 2.45) is 5.73 Å². The normalized spacial score (nSPS) is 13.2. The molecule has 1 rings (SSSR count). The lowest BCUT2D eigenvalue weighted by Crippen LogP contribution is -2.35. The fourth-order valence-electron chi connectivity index (χ4n) is 1.78. The summed E-state index contributed by atoms with van der Waals surface area (Å²) in [6.45, 7) is 5.93. The number of amides is 1. The van der Waals surface area contributed by atoms with Crippen LogP contribution >= 0.6 is 0 Å². The topological polar surface area (TPSA) is 46.3 Å². The van der Waals surface area contributed by atoms with Crippen LogP contribution in [0.15, 0.2) is 30.3 Å². The van der Waals surface area contributed by atoms with Crippen LogP contribution in [0.3, 0.4) is 0 Å². The number of nitrogens with two attached hydrogens (primary N) is 1. The van der Waals surface area contributed by atoms with E-state index >= 15 is 0 Å². The first kappa shape index (κ1) is 14.7. The van der Waals surface area contributed by atoms with E-state index in [2.05, 4.69) is 0 Å². The average molecular weight is 248 g/mol. The molecule has 1 aromatic rings. The number of nitrogens with zero attached hydrogens (tertiary/aromatic N) is 1. The standard InChI is InChI=1S/C15H24N2O/c1-12(13-8-6-5-7-9-13)17(4)14(18)10-11-15(2,3)16/h5-9,12H,10-11,16H2,1-4H3. The number of carbonyl (C=O) groups excluding carboxylic acids is 1. The first-order valence-electron chi connectivity index (χ1n) is 6.41. The monoisotopic (exact) mass is 248 g/mol. The van der Waals surface area contributed by atoms with Gasteiger partial charge >= 0.3 is 0 Å². The Morgan fingerprint density at radius 3 is 2.39 bits per heavy atom. The van der Waals surface area contributed by atoms with E-state index < -0.39 is 0 Å². The maximum Gasteiger partial charge on any atom is 0.222 e. The summed E-state index contributed by atoms with van der Waals surface area (Å²) in [6.07, 6.45) is 1.20. The Bertz CT molecular complexity index is 381. The largest absolute Gasteiger partial charge is 0.339 e. The van der Waals surface area contributed by atoms with Crippen LogP contribution in [-0.4, -0.2) is 23.4 Å². The van der Waals surface area contributed by atoms with Crippen molar-refractivity contribution >= 4 is 5.91 Å². The van der Waals surface area contributed by atoms with Crippen molar-refractivity contribution < 1.29 is 4.79 Å². The van der Waals surface area contributed by atoms with E-state index in [1.165, 1.54) is 0 Å². The van der Waals surface area contributed by atoms with Gasteiger partial charge in [0.05, 0.1) is 6.04 Å². The van der Waals surface area contributed by atoms with Crippen LogP contribution in [0.1, 0.15) is 45.2 Å². The maximum atomic E-state index is 12.1. The van der Waals surface area contributed by atoms with Gasteiger partial charge in [-0.15, -0.1) is 0 Å². The van der Waals surface area contributed by atoms with E-state index in [0.29, 0.717) is 12.8 Å². The molecule has 0 aliphatic rings. The Labute approximate surface area is 110 Å². The summed E-state index contributed by atoms with van der Waals surface area (Å²) >= 11 is 0. The van der Waals surface area contributed by atoms with Crippen LogP contribution in [0.25, 0.3) is 0 Å². The van der Waals surface area contributed by atoms with Gasteiger partial charge in [-0.05, 0) is 32.8 Å². The molecule has 1 aromatic carbocycles. The molecule has 0 aliphatic carbocycles. The second kappa shape index (κ2) is 6.01. The molecule has 1 amide bonds. The quantitative estimate of drug-likeness (QED) is 0.871. The average Bonchev–Trinajstić information content (AvgIpc) is 2.34. The van der Waals surface area contributed by atoms with Gasteiger partial charge in [-0.2, -0.15) is 0 Å². The number of hydrogen-bond donors (Lipinski definition) is 1. The van der Waals surface area contributed by atoms with Gasteiger partial charge in [-0.1, -0.05) is 30.3 Å². The van der Waals surface area contributed by atoms with Gasteiger partial charge in [0.25, 0.3) is 0 Å². The minimum absolute atomic E-state index is 0.0968. The van der Waals surface area contributed by atoms with Gasteiger partial charge in [0.1, 0.15) is 0 Å². The summed E-state index contributed by atoms with van der Waals surface area (Å²) < 4.78 is 0. The fourth-order valence-corrected chi connectivity index (χ4v) is 1.78. The second-order valence-corrected chi connectivity index (χ2v) is 5.58. The van der Waals surface area contributed by atoms with E-state index in [4.69, 9.17) is 5.73 Å². The summed E-state index contributed by atoms with van der Waals surface area (Å²) in [4.78, 5) is 13.9. The number of benzene rings is 1. The first-order valence-corrected chi connectivity index (χ1v) is 6.41. The van der Waals surface area contributed by atoms with Crippen molar-refractivity contribution in [1.82, 2.24) is 4.90 Å². The van der Waals surface area contributed by atoms with E-state index in [9.17, 15) is 4.79 Å². The third kappa shape index (κ3) is 4.49. The molecule has 18 heavy (non-hydrogen) atoms. The summed E-state index contributed by atoms with van der Waals surface area (Å²) in [5.41, 5.74) is 6.77. The highest BCUT2D eigenvalue weighted by Crippen LogP contribution is 2.20. The lowest BCUT2D eigenvalue weighted by Gasteiger charge is -2.27. The molecule has 3 heteroatoms. The zero-order chi connectivity index (χ0) is 13.8. The minimum Gasteiger partial charge on any atom is -0.339 e. The van der Waals surface area contributed by atoms with Gasteiger partial charge in [-0.25, -0.2) is 0 Å². The summed E-state index contributed by atoms with van der Waals surface area (Å²) in [5, 5.41) is 0. The Kier molecular flexibility index (Phi) is 4.91. The molecule has 1 atom stereocenters. The molecule has 1 unspecified atom stereocenters. The number of rotatable bonds is 5. The van der Waals surface area contributed by atoms with Crippen LogP contribution in [0.5, 0.6) is 0 Å². The van der Waals surface area contributed by atoms with E-state index in [-0.39, 0.29) is 17.5 Å². The fraction of sp³-hybridized carbons (Fsp3) is 0.533. The van der Waals surface area contributed by atoms with E-state index in [1.807, 2.05) is 58.2 Å². The van der Waals surface area contributed by atoms with Crippen molar-refractivity contribution in [3.63, 3.8) is 0 Å². The van der Waals surface area contributed by atoms with Crippen LogP contribution in [0, 0.1) is 0 Å². The van der Waals surface area contributed by atoms with Crippen molar-refractivity contribution in [1.29, 1.82) is 0 Å². The Balaban J connectivity index is 2.59. The molecule has 2 N–H and O–H groups in total. The van der Waals surface area contributed by atoms with E-state index in [0.717, 1.165) is 5.56 Å². The zero-order valence-electron chi connectivity index (χ0n) is 11.8. The molecule has 0 saturated heterocycles. The Morgan fingerprint density at radius 1 is 1.33 bits per heavy atom. The van der Waals surface area contributed by atoms with Crippen LogP contribution in [0.4, 0.5) is 0 Å². The molecule has 3 nitrogen and oxygen atoms in total. The summed E-state index contributed by atoms with van der Waals surface area (Å²) in [6, 6.07) is 10.2. The van der Waals surface area contributed by atoms with Gasteiger partial charge in [0, 0.05) is 19.0 Å². The summed E-state index contributed by atoms with van der Waals surface area (Å²) in [7, 11) is 1.85. The van der Waals surface area contributed by atoms with Gasteiger partial charge in [-0.3, -0.25) is 4.79 Å². The van der Waals surface area contributed by atoms with E-state index in [1.54, 1.807) is 4.90 Å². The van der Waals surface area contributed by atoms with Gasteiger partial charge < -0.3 is 10.6 Å². The molecule has 0 saturated carbocycles. The second-order valence-electron chi connectivity index (χ2n) is 5.58. The molecule has 0 fully saturated rings. The SMILES string of the molecule is CC(c1ccccc1)N(C)C(=O)CCC(C)(C)N. The zero-order valence-corrected chi connectivity index (χ0v) is 11.8. The molecule has 0 bridgehead atoms. The van der Waals surface area contributed by atoms with Crippen LogP contribution in [0.2, 0.25) is 0 Å². The third-order valence-electron chi connectivity index (χ3n) is 3.24. The van der Waals surface area contributed by atoms with Crippen molar-refractivity contribution in [2.45, 2.75) is 45.2 Å². The van der Waals surface area contributed by atoms with Gasteiger partial charge in [0.2, 0.25) is 5.91 Å². The predicted molar refractivity (Wildman–Crippen MR) is 75.1 cm³/mol. The maximum absolute atomic E-state index is 12.1. The number of carbonyl (C=O) groups is 1. The molecule has 100 valence electrons. The highest BCUT2D eigenvalue weighted by atomic mass is 16.2. The number of hydrogen-bond acceptors (Lipinski definition) is 2. The molecule has 0 spiro atoms. The highest BCUT2D eigenvalue weighted by molar-refractivity contribution is 5.76. The molecule has 0 heterocycles. The smallest absolute Gasteiger partial charge is 0.222 e. The van der Waals surface area contributed by atoms with Crippen molar-refractivity contribution in [2.75, 3.05) is 7.05 Å². The molecule has 0 aromatic heterocycles. The summed E-state index contributed by atoms with van der Waals surface area (Å²) in [5.74, 6) is 0.143. The molecule has 0 aliphatic heterocycles. The third-order valence-corrected chi connectivity index (χ3v) is 3.24. The van der Waals surface area contributed by atoms with Crippen LogP contribution < -0.4 is 5.73 Å². The molecular formula is C15H24N2O. The van der Waals surface area contributed by atoms with Crippen molar-refractivity contribution in [3.8, 4) is 0 Å². The van der Waals surface area contributed by atoms with Crippen LogP contribution in [-0.2, 0) is 4.79 Å². The Morgan fingerprint density at radius 2 is 1.89 bits per heavy atom. The lowest BCUT2D eigenvalue weighted by atomic mass is 9.99. The highest BCUT2D eigenvalue weighted by Gasteiger charge is 2.19. The lowest BCUT2D eigenvalue weighted by molar-refractivity contribution is -0.132. The molecule has 0 radical (unpaired) electrons. The predicted octanol–water partition coefficient (Wildman–Crippen LogP) is 2.72. The minimum atomic E-state index is -0.285. The molecular weight excluding hydrogens is 224 g/mol. The Hall–Kier alpha value is -1.35. The van der Waals surface area contributed by atoms with Gasteiger partial charge in [0.15, 0.2) is 0 Å². The first-order chi connectivity index (χ1) is 8.31.